The number of aromatic nitrogens is 2. The molecule has 0 unspecified atom stereocenters. The number of piperidine rings is 1. The molecule has 1 aliphatic heterocycles. The molecule has 0 aliphatic carbocycles. The fraction of sp³-hybridized carbons (Fsp3) is 0.421. The van der Waals surface area contributed by atoms with Gasteiger partial charge in [-0.2, -0.15) is 0 Å². The van der Waals surface area contributed by atoms with Crippen LogP contribution in [-0.2, 0) is 11.3 Å². The Bertz CT molecular complexity index is 736. The van der Waals surface area contributed by atoms with Gasteiger partial charge >= 0.3 is 5.97 Å². The first-order valence-electron chi connectivity index (χ1n) is 8.39. The minimum Gasteiger partial charge on any atom is -0.481 e. The number of benzene rings is 1. The summed E-state index contributed by atoms with van der Waals surface area (Å²) in [4.78, 5) is 22.7. The van der Waals surface area contributed by atoms with Gasteiger partial charge in [0.2, 0.25) is 0 Å². The third-order valence-corrected chi connectivity index (χ3v) is 5.03. The van der Waals surface area contributed by atoms with E-state index in [4.69, 9.17) is 0 Å². The summed E-state index contributed by atoms with van der Waals surface area (Å²) in [6, 6.07) is 6.14. The summed E-state index contributed by atoms with van der Waals surface area (Å²) < 4.78 is 0. The summed E-state index contributed by atoms with van der Waals surface area (Å²) >= 11 is 0. The Morgan fingerprint density at radius 1 is 1.25 bits per heavy atom. The number of nitrogens with zero attached hydrogens (tertiary/aromatic N) is 3. The van der Waals surface area contributed by atoms with Crippen molar-refractivity contribution in [2.45, 2.75) is 32.2 Å². The lowest BCUT2D eigenvalue weighted by Crippen LogP contribution is -2.44. The summed E-state index contributed by atoms with van der Waals surface area (Å²) in [7, 11) is 0. The van der Waals surface area contributed by atoms with E-state index in [-0.39, 0.29) is 0 Å². The Morgan fingerprint density at radius 3 is 2.62 bits per heavy atom. The van der Waals surface area contributed by atoms with Gasteiger partial charge in [0.15, 0.2) is 0 Å². The lowest BCUT2D eigenvalue weighted by molar-refractivity contribution is -0.152. The average Bonchev–Trinajstić information content (AvgIpc) is 2.61. The van der Waals surface area contributed by atoms with Gasteiger partial charge in [-0.05, 0) is 56.5 Å². The first kappa shape index (κ1) is 16.6. The van der Waals surface area contributed by atoms with Crippen molar-refractivity contribution in [3.05, 3.63) is 48.8 Å². The van der Waals surface area contributed by atoms with Crippen LogP contribution in [0.4, 0.5) is 0 Å². The van der Waals surface area contributed by atoms with Crippen LogP contribution in [0.1, 0.15) is 31.2 Å². The highest BCUT2D eigenvalue weighted by Crippen LogP contribution is 2.37. The Hall–Kier alpha value is -2.27. The minimum absolute atomic E-state index is 0.584. The summed E-state index contributed by atoms with van der Waals surface area (Å²) in [5.74, 6) is -0.662. The highest BCUT2D eigenvalue weighted by Gasteiger charge is 2.40. The second kappa shape index (κ2) is 7.09. The predicted molar refractivity (Wildman–Crippen MR) is 93.5 cm³/mol. The molecule has 0 bridgehead atoms. The van der Waals surface area contributed by atoms with Gasteiger partial charge < -0.3 is 5.11 Å². The first-order chi connectivity index (χ1) is 11.6. The average molecular weight is 325 g/mol. The lowest BCUT2D eigenvalue weighted by Gasteiger charge is -2.38. The topological polar surface area (TPSA) is 66.3 Å². The van der Waals surface area contributed by atoms with Crippen molar-refractivity contribution in [2.75, 3.05) is 13.1 Å². The maximum atomic E-state index is 11.7. The number of fused-ring (bicyclic) bond motifs is 1. The normalized spacial score (nSPS) is 17.7. The standard InChI is InChI=1S/C19H23N3O2/c1-2-3-6-19(18(23)24)7-11-22(12-8-19)14-15-4-5-16-17(13-15)21-10-9-20-16/h2,4-5,9-10,13H,1,3,6-8,11-12,14H2,(H,23,24). The first-order valence-corrected chi connectivity index (χ1v) is 8.39. The number of rotatable bonds is 6. The van der Waals surface area contributed by atoms with E-state index in [1.807, 2.05) is 12.1 Å². The van der Waals surface area contributed by atoms with Crippen molar-refractivity contribution in [3.8, 4) is 0 Å². The second-order valence-electron chi connectivity index (χ2n) is 6.57. The summed E-state index contributed by atoms with van der Waals surface area (Å²) in [6.07, 6.45) is 8.05. The molecule has 1 fully saturated rings. The van der Waals surface area contributed by atoms with Crippen LogP contribution in [0.5, 0.6) is 0 Å². The Balaban J connectivity index is 1.65. The van der Waals surface area contributed by atoms with E-state index < -0.39 is 11.4 Å². The van der Waals surface area contributed by atoms with Gasteiger partial charge in [-0.25, -0.2) is 0 Å². The summed E-state index contributed by atoms with van der Waals surface area (Å²) in [6.45, 7) is 6.15. The molecule has 0 atom stereocenters. The molecule has 1 aromatic heterocycles. The highest BCUT2D eigenvalue weighted by atomic mass is 16.4. The maximum absolute atomic E-state index is 11.7. The number of carboxylic acids is 1. The number of carboxylic acid groups (broad SMARTS) is 1. The fourth-order valence-electron chi connectivity index (χ4n) is 3.45. The predicted octanol–water partition coefficient (Wildman–Crippen LogP) is 3.26. The van der Waals surface area contributed by atoms with Crippen LogP contribution in [0.25, 0.3) is 11.0 Å². The van der Waals surface area contributed by atoms with Crippen molar-refractivity contribution in [2.24, 2.45) is 5.41 Å². The molecule has 2 heterocycles. The molecular formula is C19H23N3O2. The van der Waals surface area contributed by atoms with Gasteiger partial charge in [-0.3, -0.25) is 19.7 Å². The molecule has 1 N–H and O–H groups in total. The quantitative estimate of drug-likeness (QED) is 0.826. The number of hydrogen-bond donors (Lipinski definition) is 1. The molecule has 1 aromatic carbocycles. The highest BCUT2D eigenvalue weighted by molar-refractivity contribution is 5.75. The molecule has 0 radical (unpaired) electrons. The largest absolute Gasteiger partial charge is 0.481 e. The number of aliphatic carboxylic acids is 1. The zero-order chi connectivity index (χ0) is 17.0. The second-order valence-corrected chi connectivity index (χ2v) is 6.57. The fourth-order valence-corrected chi connectivity index (χ4v) is 3.45. The lowest BCUT2D eigenvalue weighted by atomic mass is 9.75. The van der Waals surface area contributed by atoms with Crippen molar-refractivity contribution in [1.29, 1.82) is 0 Å². The molecule has 1 saturated heterocycles. The van der Waals surface area contributed by atoms with E-state index in [0.717, 1.165) is 37.1 Å². The van der Waals surface area contributed by atoms with Crippen LogP contribution in [0.3, 0.4) is 0 Å². The zero-order valence-corrected chi connectivity index (χ0v) is 13.8. The van der Waals surface area contributed by atoms with Gasteiger partial charge in [0.25, 0.3) is 0 Å². The smallest absolute Gasteiger partial charge is 0.309 e. The molecule has 0 amide bonds. The van der Waals surface area contributed by atoms with Crippen LogP contribution >= 0.6 is 0 Å². The molecule has 3 rings (SSSR count). The monoisotopic (exact) mass is 325 g/mol. The van der Waals surface area contributed by atoms with Crippen molar-refractivity contribution >= 4 is 17.0 Å². The number of carbonyl (C=O) groups is 1. The van der Waals surface area contributed by atoms with Gasteiger partial charge in [-0.15, -0.1) is 6.58 Å². The summed E-state index contributed by atoms with van der Waals surface area (Å²) in [5, 5.41) is 9.64. The molecule has 5 heteroatoms. The van der Waals surface area contributed by atoms with Gasteiger partial charge in [0, 0.05) is 18.9 Å². The van der Waals surface area contributed by atoms with Crippen LogP contribution < -0.4 is 0 Å². The third-order valence-electron chi connectivity index (χ3n) is 5.03. The zero-order valence-electron chi connectivity index (χ0n) is 13.8. The van der Waals surface area contributed by atoms with Crippen molar-refractivity contribution in [1.82, 2.24) is 14.9 Å². The van der Waals surface area contributed by atoms with Gasteiger partial charge in [0.05, 0.1) is 16.4 Å². The van der Waals surface area contributed by atoms with Crippen LogP contribution in [0, 0.1) is 5.41 Å². The molecule has 0 spiro atoms. The number of allylic oxidation sites excluding steroid dienone is 1. The van der Waals surface area contributed by atoms with Gasteiger partial charge in [0.1, 0.15) is 0 Å². The van der Waals surface area contributed by atoms with E-state index >= 15 is 0 Å². The molecule has 2 aromatic rings. The number of likely N-dealkylation sites (tertiary alicyclic amines) is 1. The van der Waals surface area contributed by atoms with E-state index in [0.29, 0.717) is 19.3 Å². The maximum Gasteiger partial charge on any atom is 0.309 e. The van der Waals surface area contributed by atoms with Crippen molar-refractivity contribution in [3.63, 3.8) is 0 Å². The third kappa shape index (κ3) is 3.46. The van der Waals surface area contributed by atoms with Crippen LogP contribution in [-0.4, -0.2) is 39.0 Å². The van der Waals surface area contributed by atoms with Crippen molar-refractivity contribution < 1.29 is 9.90 Å². The molecule has 5 nitrogen and oxygen atoms in total. The van der Waals surface area contributed by atoms with Crippen LogP contribution in [0.2, 0.25) is 0 Å². The Kier molecular flexibility index (Phi) is 4.90. The molecule has 24 heavy (non-hydrogen) atoms. The van der Waals surface area contributed by atoms with E-state index in [2.05, 4.69) is 33.6 Å². The summed E-state index contributed by atoms with van der Waals surface area (Å²) in [5.41, 5.74) is 2.41. The van der Waals surface area contributed by atoms with E-state index in [1.165, 1.54) is 5.56 Å². The number of hydrogen-bond acceptors (Lipinski definition) is 4. The molecular weight excluding hydrogens is 302 g/mol. The van der Waals surface area contributed by atoms with Crippen LogP contribution in [0.15, 0.2) is 43.2 Å². The molecule has 0 saturated carbocycles. The molecule has 126 valence electrons. The van der Waals surface area contributed by atoms with E-state index in [1.54, 1.807) is 12.4 Å². The van der Waals surface area contributed by atoms with E-state index in [9.17, 15) is 9.90 Å². The Morgan fingerprint density at radius 2 is 1.96 bits per heavy atom. The Labute approximate surface area is 142 Å². The minimum atomic E-state index is -0.662. The van der Waals surface area contributed by atoms with Gasteiger partial charge in [-0.1, -0.05) is 12.1 Å². The SMILES string of the molecule is C=CCCC1(C(=O)O)CCN(Cc2ccc3nccnc3c2)CC1. The molecule has 1 aliphatic rings.